The second-order valence-electron chi connectivity index (χ2n) is 4.55. The summed E-state index contributed by atoms with van der Waals surface area (Å²) in [5, 5.41) is 4.85. The van der Waals surface area contributed by atoms with Crippen molar-refractivity contribution in [3.8, 4) is 0 Å². The van der Waals surface area contributed by atoms with E-state index in [2.05, 4.69) is 23.9 Å². The minimum absolute atomic E-state index is 0.135. The fourth-order valence-corrected chi connectivity index (χ4v) is 2.17. The van der Waals surface area contributed by atoms with Crippen molar-refractivity contribution in [2.75, 3.05) is 46.1 Å². The Morgan fingerprint density at radius 2 is 1.57 bits per heavy atom. The van der Waals surface area contributed by atoms with Gasteiger partial charge in [-0.15, -0.1) is 0 Å². The Labute approximate surface area is 85.7 Å². The van der Waals surface area contributed by atoms with Crippen LogP contribution in [0.1, 0.15) is 13.8 Å². The molecule has 0 aromatic carbocycles. The zero-order valence-electron chi connectivity index (χ0n) is 9.16. The van der Waals surface area contributed by atoms with Crippen LogP contribution < -0.4 is 0 Å². The van der Waals surface area contributed by atoms with Crippen LogP contribution in [0, 0.1) is 0 Å². The highest BCUT2D eigenvalue weighted by atomic mass is 16.5. The van der Waals surface area contributed by atoms with Crippen molar-refractivity contribution in [2.45, 2.75) is 19.4 Å². The molecule has 0 bridgehead atoms. The number of hydrogen-bond donors (Lipinski definition) is 0. The lowest BCUT2D eigenvalue weighted by molar-refractivity contribution is -0.186. The molecule has 2 rings (SSSR count). The Hall–Kier alpha value is -0.160. The lowest BCUT2D eigenvalue weighted by atomic mass is 10.0. The normalized spacial score (nSPS) is 30.4. The summed E-state index contributed by atoms with van der Waals surface area (Å²) in [4.78, 5) is 0. The maximum atomic E-state index is 5.51. The number of morpholine rings is 2. The first-order valence-electron chi connectivity index (χ1n) is 5.38. The van der Waals surface area contributed by atoms with Gasteiger partial charge in [0.1, 0.15) is 0 Å². The highest BCUT2D eigenvalue weighted by molar-refractivity contribution is 4.83. The summed E-state index contributed by atoms with van der Waals surface area (Å²) in [6.45, 7) is 10.9. The predicted molar refractivity (Wildman–Crippen MR) is 54.0 cm³/mol. The van der Waals surface area contributed by atoms with Crippen molar-refractivity contribution in [1.82, 2.24) is 10.0 Å². The molecule has 2 heterocycles. The van der Waals surface area contributed by atoms with Crippen LogP contribution in [0.4, 0.5) is 0 Å². The van der Waals surface area contributed by atoms with Crippen molar-refractivity contribution in [1.29, 1.82) is 0 Å². The first-order valence-corrected chi connectivity index (χ1v) is 5.38. The van der Waals surface area contributed by atoms with Crippen LogP contribution in [0.5, 0.6) is 0 Å². The Bertz CT molecular complexity index is 191. The zero-order valence-corrected chi connectivity index (χ0v) is 9.16. The highest BCUT2D eigenvalue weighted by Gasteiger charge is 2.34. The summed E-state index contributed by atoms with van der Waals surface area (Å²) in [6.07, 6.45) is 0. The van der Waals surface area contributed by atoms with E-state index in [0.29, 0.717) is 0 Å². The molecule has 0 aromatic rings. The predicted octanol–water partition coefficient (Wildman–Crippen LogP) is 0.344. The fourth-order valence-electron chi connectivity index (χ4n) is 2.17. The van der Waals surface area contributed by atoms with Gasteiger partial charge in [0.15, 0.2) is 0 Å². The van der Waals surface area contributed by atoms with Crippen molar-refractivity contribution < 1.29 is 9.47 Å². The number of hydrogen-bond acceptors (Lipinski definition) is 4. The summed E-state index contributed by atoms with van der Waals surface area (Å²) in [7, 11) is 0. The van der Waals surface area contributed by atoms with Gasteiger partial charge in [0, 0.05) is 19.6 Å². The molecule has 4 heteroatoms. The van der Waals surface area contributed by atoms with E-state index in [9.17, 15) is 0 Å². The molecular weight excluding hydrogens is 180 g/mol. The summed E-state index contributed by atoms with van der Waals surface area (Å²) < 4.78 is 10.9. The molecule has 0 aliphatic carbocycles. The van der Waals surface area contributed by atoms with Crippen LogP contribution in [0.15, 0.2) is 0 Å². The van der Waals surface area contributed by atoms with Crippen LogP contribution in [-0.2, 0) is 9.47 Å². The van der Waals surface area contributed by atoms with E-state index < -0.39 is 0 Å². The molecule has 0 aromatic heterocycles. The van der Waals surface area contributed by atoms with Crippen molar-refractivity contribution in [2.24, 2.45) is 0 Å². The molecule has 2 aliphatic heterocycles. The van der Waals surface area contributed by atoms with E-state index in [0.717, 1.165) is 46.1 Å². The molecule has 0 amide bonds. The quantitative estimate of drug-likeness (QED) is 0.609. The van der Waals surface area contributed by atoms with Gasteiger partial charge in [0.05, 0.1) is 32.0 Å². The Morgan fingerprint density at radius 3 is 2.21 bits per heavy atom. The van der Waals surface area contributed by atoms with Crippen LogP contribution >= 0.6 is 0 Å². The summed E-state index contributed by atoms with van der Waals surface area (Å²) in [5.41, 5.74) is 0.135. The summed E-state index contributed by atoms with van der Waals surface area (Å²) in [6, 6.07) is 0. The lowest BCUT2D eigenvalue weighted by Gasteiger charge is -2.49. The van der Waals surface area contributed by atoms with Crippen molar-refractivity contribution >= 4 is 0 Å². The van der Waals surface area contributed by atoms with E-state index in [-0.39, 0.29) is 5.54 Å². The largest absolute Gasteiger partial charge is 0.379 e. The van der Waals surface area contributed by atoms with Crippen LogP contribution in [0.25, 0.3) is 0 Å². The van der Waals surface area contributed by atoms with E-state index in [4.69, 9.17) is 9.47 Å². The Balaban J connectivity index is 1.99. The molecule has 2 aliphatic rings. The molecular formula is C10H20N2O2. The van der Waals surface area contributed by atoms with Gasteiger partial charge in [-0.3, -0.25) is 0 Å². The van der Waals surface area contributed by atoms with E-state index in [1.165, 1.54) is 0 Å². The summed E-state index contributed by atoms with van der Waals surface area (Å²) >= 11 is 0. The van der Waals surface area contributed by atoms with Gasteiger partial charge < -0.3 is 9.47 Å². The van der Waals surface area contributed by atoms with Crippen LogP contribution in [0.2, 0.25) is 0 Å². The molecule has 0 atom stereocenters. The third-order valence-electron chi connectivity index (χ3n) is 2.93. The number of rotatable bonds is 1. The molecule has 0 N–H and O–H groups in total. The minimum Gasteiger partial charge on any atom is -0.379 e. The monoisotopic (exact) mass is 200 g/mol. The second kappa shape index (κ2) is 4.14. The Morgan fingerprint density at radius 1 is 0.929 bits per heavy atom. The molecule has 0 spiro atoms. The molecule has 4 nitrogen and oxygen atoms in total. The van der Waals surface area contributed by atoms with Crippen LogP contribution in [0.3, 0.4) is 0 Å². The molecule has 0 unspecified atom stereocenters. The van der Waals surface area contributed by atoms with E-state index in [1.807, 2.05) is 0 Å². The lowest BCUT2D eigenvalue weighted by Crippen LogP contribution is -2.62. The fraction of sp³-hybridized carbons (Fsp3) is 1.00. The first-order chi connectivity index (χ1) is 6.70. The highest BCUT2D eigenvalue weighted by Crippen LogP contribution is 2.21. The Kier molecular flexibility index (Phi) is 3.07. The molecule has 14 heavy (non-hydrogen) atoms. The third kappa shape index (κ3) is 2.08. The summed E-state index contributed by atoms with van der Waals surface area (Å²) in [5.74, 6) is 0. The van der Waals surface area contributed by atoms with Crippen molar-refractivity contribution in [3.63, 3.8) is 0 Å². The first kappa shape index (κ1) is 10.4. The maximum Gasteiger partial charge on any atom is 0.0659 e. The SMILES string of the molecule is CC1(C)COCCN1N1CCOCC1. The van der Waals surface area contributed by atoms with Gasteiger partial charge in [-0.05, 0) is 13.8 Å². The zero-order chi connectivity index (χ0) is 10.0. The molecule has 0 radical (unpaired) electrons. The van der Waals surface area contributed by atoms with Crippen LogP contribution in [-0.4, -0.2) is 61.6 Å². The number of ether oxygens (including phenoxy) is 2. The topological polar surface area (TPSA) is 24.9 Å². The van der Waals surface area contributed by atoms with Gasteiger partial charge in [-0.25, -0.2) is 10.0 Å². The minimum atomic E-state index is 0.135. The average molecular weight is 200 g/mol. The third-order valence-corrected chi connectivity index (χ3v) is 2.93. The average Bonchev–Trinajstić information content (AvgIpc) is 2.18. The van der Waals surface area contributed by atoms with Gasteiger partial charge in [-0.1, -0.05) is 0 Å². The van der Waals surface area contributed by atoms with Gasteiger partial charge in [0.2, 0.25) is 0 Å². The molecule has 2 saturated heterocycles. The van der Waals surface area contributed by atoms with Gasteiger partial charge >= 0.3 is 0 Å². The maximum absolute atomic E-state index is 5.51. The number of nitrogens with zero attached hydrogens (tertiary/aromatic N) is 2. The van der Waals surface area contributed by atoms with Gasteiger partial charge in [0.25, 0.3) is 0 Å². The van der Waals surface area contributed by atoms with E-state index >= 15 is 0 Å². The number of hydrazine groups is 1. The molecule has 0 saturated carbocycles. The molecule has 82 valence electrons. The molecule has 2 fully saturated rings. The smallest absolute Gasteiger partial charge is 0.0659 e. The standard InChI is InChI=1S/C10H20N2O2/c1-10(2)9-14-8-5-12(10)11-3-6-13-7-4-11/h3-9H2,1-2H3. The van der Waals surface area contributed by atoms with Gasteiger partial charge in [-0.2, -0.15) is 0 Å². The van der Waals surface area contributed by atoms with Crippen molar-refractivity contribution in [3.05, 3.63) is 0 Å². The second-order valence-corrected chi connectivity index (χ2v) is 4.55. The van der Waals surface area contributed by atoms with E-state index in [1.54, 1.807) is 0 Å².